The third kappa shape index (κ3) is 6.29. The molecule has 0 saturated heterocycles. The van der Waals surface area contributed by atoms with Crippen molar-refractivity contribution in [3.8, 4) is 39.4 Å². The van der Waals surface area contributed by atoms with Crippen molar-refractivity contribution in [2.75, 3.05) is 4.90 Å². The number of fused-ring (bicyclic) bond motifs is 8. The first-order valence-electron chi connectivity index (χ1n) is 23.4. The Balaban J connectivity index is 1.09. The minimum Gasteiger partial charge on any atom is -0.310 e. The molecule has 0 unspecified atom stereocenters. The molecule has 0 spiro atoms. The molecule has 0 aliphatic rings. The van der Waals surface area contributed by atoms with Gasteiger partial charge in [0.05, 0.1) is 33.3 Å². The molecule has 13 aromatic rings. The number of hydrogen-bond acceptors (Lipinski definition) is 1. The lowest BCUT2D eigenvalue weighted by atomic mass is 9.98. The van der Waals surface area contributed by atoms with E-state index >= 15 is 0 Å². The SMILES string of the molecule is Cc1ccc(N(c2cccc(-n3c4ccccc4c4ccc5c(-c6ccccc6)c(-c6ccccc6)n(-c6ccccc6)c5c43)c2)c2ccc3c(c2)c2ccccc2n3-c2ccc(C)cc2)cc1. The number of benzene rings is 10. The summed E-state index contributed by atoms with van der Waals surface area (Å²) in [4.78, 5) is 2.41. The first-order valence-corrected chi connectivity index (χ1v) is 23.4. The number of rotatable bonds is 8. The highest BCUT2D eigenvalue weighted by molar-refractivity contribution is 6.22. The minimum absolute atomic E-state index is 1.07. The molecule has 13 rings (SSSR count). The largest absolute Gasteiger partial charge is 0.310 e. The summed E-state index contributed by atoms with van der Waals surface area (Å²) < 4.78 is 7.41. The van der Waals surface area contributed by atoms with Crippen molar-refractivity contribution < 1.29 is 0 Å². The normalized spacial score (nSPS) is 11.7. The van der Waals surface area contributed by atoms with Crippen LogP contribution in [-0.2, 0) is 0 Å². The molecule has 0 atom stereocenters. The summed E-state index contributed by atoms with van der Waals surface area (Å²) in [6, 6.07) is 88.8. The van der Waals surface area contributed by atoms with Crippen LogP contribution in [0, 0.1) is 13.8 Å². The lowest BCUT2D eigenvalue weighted by Gasteiger charge is -2.26. The molecule has 68 heavy (non-hydrogen) atoms. The Hall–Kier alpha value is -8.86. The molecular weight excluding hydrogens is 825 g/mol. The van der Waals surface area contributed by atoms with Gasteiger partial charge < -0.3 is 18.6 Å². The Morgan fingerprint density at radius 3 is 1.50 bits per heavy atom. The molecule has 0 bridgehead atoms. The third-order valence-electron chi connectivity index (χ3n) is 13.7. The Labute approximate surface area is 395 Å². The summed E-state index contributed by atoms with van der Waals surface area (Å²) >= 11 is 0. The molecule has 3 heterocycles. The lowest BCUT2D eigenvalue weighted by molar-refractivity contribution is 1.12. The van der Waals surface area contributed by atoms with Crippen LogP contribution in [0.5, 0.6) is 0 Å². The Morgan fingerprint density at radius 1 is 0.294 bits per heavy atom. The summed E-state index contributed by atoms with van der Waals surface area (Å²) in [7, 11) is 0. The molecule has 0 aliphatic heterocycles. The van der Waals surface area contributed by atoms with E-state index in [1.165, 1.54) is 71.4 Å². The molecular formula is C64H46N4. The molecule has 0 saturated carbocycles. The van der Waals surface area contributed by atoms with E-state index in [2.05, 4.69) is 275 Å². The van der Waals surface area contributed by atoms with E-state index < -0.39 is 0 Å². The monoisotopic (exact) mass is 870 g/mol. The average Bonchev–Trinajstić information content (AvgIpc) is 4.04. The number of aryl methyl sites for hydroxylation is 2. The molecule has 322 valence electrons. The van der Waals surface area contributed by atoms with Crippen LogP contribution in [0.3, 0.4) is 0 Å². The van der Waals surface area contributed by atoms with Gasteiger partial charge in [0, 0.05) is 66.6 Å². The van der Waals surface area contributed by atoms with Crippen molar-refractivity contribution in [1.82, 2.24) is 13.7 Å². The van der Waals surface area contributed by atoms with Crippen LogP contribution in [-0.4, -0.2) is 13.7 Å². The van der Waals surface area contributed by atoms with E-state index in [4.69, 9.17) is 0 Å². The second-order valence-corrected chi connectivity index (χ2v) is 17.9. The van der Waals surface area contributed by atoms with E-state index in [9.17, 15) is 0 Å². The first-order chi connectivity index (χ1) is 33.6. The molecule has 4 nitrogen and oxygen atoms in total. The zero-order valence-electron chi connectivity index (χ0n) is 37.9. The van der Waals surface area contributed by atoms with Gasteiger partial charge in [0.1, 0.15) is 0 Å². The minimum atomic E-state index is 1.07. The standard InChI is InChI=1S/C64H46N4/c1-43-29-33-48(34-30-43)65(52-37-40-60-57(42-52)54-26-13-14-27-58(54)66(60)49-35-31-44(2)32-36-49)50-23-16-24-51(41-50)67-59-28-15-12-25-53(59)55-38-39-56-61(45-17-6-3-7-18-45)62(46-19-8-4-9-20-46)68(64(56)63(55)67)47-21-10-5-11-22-47/h3-42H,1-2H3. The van der Waals surface area contributed by atoms with Crippen molar-refractivity contribution in [2.45, 2.75) is 13.8 Å². The van der Waals surface area contributed by atoms with Gasteiger partial charge >= 0.3 is 0 Å². The second-order valence-electron chi connectivity index (χ2n) is 17.9. The maximum absolute atomic E-state index is 2.51. The zero-order valence-corrected chi connectivity index (χ0v) is 37.9. The number of para-hydroxylation sites is 3. The summed E-state index contributed by atoms with van der Waals surface area (Å²) in [6.07, 6.45) is 0. The maximum atomic E-state index is 2.51. The molecule has 3 aromatic heterocycles. The van der Waals surface area contributed by atoms with E-state index in [0.717, 1.165) is 50.7 Å². The number of aromatic nitrogens is 3. The summed E-state index contributed by atoms with van der Waals surface area (Å²) in [6.45, 7) is 4.30. The Bertz CT molecular complexity index is 4010. The van der Waals surface area contributed by atoms with Gasteiger partial charge in [-0.25, -0.2) is 0 Å². The van der Waals surface area contributed by atoms with Crippen LogP contribution in [0.4, 0.5) is 17.1 Å². The fourth-order valence-corrected chi connectivity index (χ4v) is 10.7. The number of hydrogen-bond donors (Lipinski definition) is 0. The Morgan fingerprint density at radius 2 is 0.794 bits per heavy atom. The molecule has 0 fully saturated rings. The van der Waals surface area contributed by atoms with Gasteiger partial charge in [0.15, 0.2) is 0 Å². The molecule has 0 aliphatic carbocycles. The predicted molar refractivity (Wildman–Crippen MR) is 287 cm³/mol. The molecule has 0 radical (unpaired) electrons. The van der Waals surface area contributed by atoms with Crippen molar-refractivity contribution in [1.29, 1.82) is 0 Å². The summed E-state index contributed by atoms with van der Waals surface area (Å²) in [5.41, 5.74) is 19.7. The van der Waals surface area contributed by atoms with E-state index in [0.29, 0.717) is 0 Å². The van der Waals surface area contributed by atoms with Crippen LogP contribution in [0.15, 0.2) is 243 Å². The van der Waals surface area contributed by atoms with Crippen molar-refractivity contribution in [3.05, 3.63) is 254 Å². The summed E-state index contributed by atoms with van der Waals surface area (Å²) in [5.74, 6) is 0. The average molecular weight is 871 g/mol. The quantitative estimate of drug-likeness (QED) is 0.149. The van der Waals surface area contributed by atoms with Gasteiger partial charge in [-0.15, -0.1) is 0 Å². The zero-order chi connectivity index (χ0) is 45.3. The van der Waals surface area contributed by atoms with Gasteiger partial charge in [-0.2, -0.15) is 0 Å². The van der Waals surface area contributed by atoms with Gasteiger partial charge in [-0.1, -0.05) is 169 Å². The highest BCUT2D eigenvalue weighted by atomic mass is 15.1. The van der Waals surface area contributed by atoms with Crippen molar-refractivity contribution >= 4 is 71.6 Å². The molecule has 10 aromatic carbocycles. The van der Waals surface area contributed by atoms with E-state index in [1.54, 1.807) is 0 Å². The van der Waals surface area contributed by atoms with Gasteiger partial charge in [-0.3, -0.25) is 0 Å². The first kappa shape index (κ1) is 39.5. The van der Waals surface area contributed by atoms with E-state index in [-0.39, 0.29) is 0 Å². The topological polar surface area (TPSA) is 18.0 Å². The van der Waals surface area contributed by atoms with Crippen molar-refractivity contribution in [2.24, 2.45) is 0 Å². The van der Waals surface area contributed by atoms with Crippen LogP contribution in [0.1, 0.15) is 11.1 Å². The highest BCUT2D eigenvalue weighted by Crippen LogP contribution is 2.48. The van der Waals surface area contributed by atoms with Crippen LogP contribution < -0.4 is 4.90 Å². The van der Waals surface area contributed by atoms with Gasteiger partial charge in [0.25, 0.3) is 0 Å². The van der Waals surface area contributed by atoms with Gasteiger partial charge in [0.2, 0.25) is 0 Å². The van der Waals surface area contributed by atoms with Crippen LogP contribution in [0.25, 0.3) is 94.0 Å². The predicted octanol–water partition coefficient (Wildman–Crippen LogP) is 17.2. The van der Waals surface area contributed by atoms with Crippen LogP contribution in [0.2, 0.25) is 0 Å². The fourth-order valence-electron chi connectivity index (χ4n) is 10.7. The highest BCUT2D eigenvalue weighted by Gasteiger charge is 2.27. The fraction of sp³-hybridized carbons (Fsp3) is 0.0312. The molecule has 0 amide bonds. The summed E-state index contributed by atoms with van der Waals surface area (Å²) in [5, 5.41) is 6.05. The molecule has 4 heteroatoms. The third-order valence-corrected chi connectivity index (χ3v) is 13.7. The maximum Gasteiger partial charge on any atom is 0.0789 e. The smallest absolute Gasteiger partial charge is 0.0789 e. The van der Waals surface area contributed by atoms with E-state index in [1.807, 2.05) is 0 Å². The lowest BCUT2D eigenvalue weighted by Crippen LogP contribution is -2.10. The number of anilines is 3. The van der Waals surface area contributed by atoms with Crippen LogP contribution >= 0.6 is 0 Å². The second kappa shape index (κ2) is 15.9. The molecule has 0 N–H and O–H groups in total. The number of nitrogens with zero attached hydrogens (tertiary/aromatic N) is 4. The van der Waals surface area contributed by atoms with Gasteiger partial charge in [-0.05, 0) is 110 Å². The Kier molecular flexibility index (Phi) is 9.26. The van der Waals surface area contributed by atoms with Crippen molar-refractivity contribution in [3.63, 3.8) is 0 Å².